The van der Waals surface area contributed by atoms with Crippen molar-refractivity contribution in [2.45, 2.75) is 6.92 Å². The van der Waals surface area contributed by atoms with E-state index in [2.05, 4.69) is 21.2 Å². The maximum Gasteiger partial charge on any atom is 0.331 e. The van der Waals surface area contributed by atoms with E-state index in [0.717, 1.165) is 5.56 Å². The van der Waals surface area contributed by atoms with Crippen LogP contribution in [0.25, 0.3) is 0 Å². The zero-order chi connectivity index (χ0) is 18.8. The molecule has 1 aliphatic heterocycles. The molecule has 1 aliphatic rings. The van der Waals surface area contributed by atoms with E-state index in [4.69, 9.17) is 4.74 Å². The van der Waals surface area contributed by atoms with E-state index in [9.17, 15) is 19.7 Å². The zero-order valence-electron chi connectivity index (χ0n) is 13.7. The summed E-state index contributed by atoms with van der Waals surface area (Å²) in [5.41, 5.74) is 1.73. The first-order valence-electron chi connectivity index (χ1n) is 7.63. The fraction of sp³-hybridized carbons (Fsp3) is 0.176. The van der Waals surface area contributed by atoms with Gasteiger partial charge in [-0.3, -0.25) is 14.9 Å². The minimum Gasteiger partial charge on any atom is -0.423 e. The van der Waals surface area contributed by atoms with Gasteiger partial charge in [0.1, 0.15) is 6.54 Å². The molecular formula is C17H14BrN3O5. The minimum atomic E-state index is -0.540. The van der Waals surface area contributed by atoms with E-state index in [1.165, 1.54) is 18.2 Å². The molecule has 2 aromatic carbocycles. The van der Waals surface area contributed by atoms with Crippen molar-refractivity contribution in [1.29, 1.82) is 0 Å². The fourth-order valence-corrected chi connectivity index (χ4v) is 2.93. The number of nitrogens with one attached hydrogen (secondary N) is 1. The highest BCUT2D eigenvalue weighted by atomic mass is 79.9. The van der Waals surface area contributed by atoms with Gasteiger partial charge in [0.15, 0.2) is 5.75 Å². The van der Waals surface area contributed by atoms with E-state index in [1.54, 1.807) is 17.0 Å². The number of non-ortho nitro benzene ring substituents is 1. The number of carbonyl (C=O) groups excluding carboxylic acids is 2. The van der Waals surface area contributed by atoms with E-state index >= 15 is 0 Å². The van der Waals surface area contributed by atoms with Crippen LogP contribution in [0, 0.1) is 17.0 Å². The minimum absolute atomic E-state index is 0.0560. The molecule has 3 rings (SSSR count). The molecule has 134 valence electrons. The summed E-state index contributed by atoms with van der Waals surface area (Å²) >= 11 is 3.25. The average Bonchev–Trinajstić information content (AvgIpc) is 2.56. The highest BCUT2D eigenvalue weighted by Crippen LogP contribution is 2.33. The van der Waals surface area contributed by atoms with E-state index in [0.29, 0.717) is 15.9 Å². The van der Waals surface area contributed by atoms with E-state index < -0.39 is 16.8 Å². The molecule has 0 spiro atoms. The molecule has 1 heterocycles. The second-order valence-corrected chi connectivity index (χ2v) is 6.63. The molecule has 8 nitrogen and oxygen atoms in total. The van der Waals surface area contributed by atoms with Gasteiger partial charge in [-0.2, -0.15) is 0 Å². The van der Waals surface area contributed by atoms with Crippen LogP contribution in [0.15, 0.2) is 40.9 Å². The molecule has 0 saturated heterocycles. The van der Waals surface area contributed by atoms with Gasteiger partial charge in [0, 0.05) is 16.6 Å². The van der Waals surface area contributed by atoms with Crippen molar-refractivity contribution in [2.75, 3.05) is 23.3 Å². The number of rotatable bonds is 4. The summed E-state index contributed by atoms with van der Waals surface area (Å²) in [6.45, 7) is 1.72. The predicted octanol–water partition coefficient (Wildman–Crippen LogP) is 3.03. The van der Waals surface area contributed by atoms with Crippen LogP contribution in [0.2, 0.25) is 0 Å². The molecule has 2 aromatic rings. The summed E-state index contributed by atoms with van der Waals surface area (Å²) in [5.74, 6) is -0.453. The van der Waals surface area contributed by atoms with E-state index in [-0.39, 0.29) is 24.5 Å². The Morgan fingerprint density at radius 3 is 2.85 bits per heavy atom. The lowest BCUT2D eigenvalue weighted by molar-refractivity contribution is -0.384. The molecule has 9 heteroatoms. The maximum absolute atomic E-state index is 12.4. The van der Waals surface area contributed by atoms with Crippen LogP contribution < -0.4 is 15.0 Å². The number of fused-ring (bicyclic) bond motifs is 1. The number of carbonyl (C=O) groups is 2. The summed E-state index contributed by atoms with van der Waals surface area (Å²) in [7, 11) is 0. The van der Waals surface area contributed by atoms with Gasteiger partial charge in [-0.25, -0.2) is 4.79 Å². The zero-order valence-corrected chi connectivity index (χ0v) is 15.3. The number of anilines is 2. The van der Waals surface area contributed by atoms with Crippen molar-refractivity contribution in [3.05, 3.63) is 56.5 Å². The molecule has 0 aromatic heterocycles. The lowest BCUT2D eigenvalue weighted by atomic mass is 10.1. The predicted molar refractivity (Wildman–Crippen MR) is 98.5 cm³/mol. The van der Waals surface area contributed by atoms with Crippen molar-refractivity contribution >= 4 is 44.9 Å². The molecule has 0 fully saturated rings. The number of hydrogen-bond acceptors (Lipinski definition) is 6. The van der Waals surface area contributed by atoms with Gasteiger partial charge in [0.25, 0.3) is 5.69 Å². The quantitative estimate of drug-likeness (QED) is 0.353. The molecule has 1 N–H and O–H groups in total. The smallest absolute Gasteiger partial charge is 0.331 e. The second-order valence-electron chi connectivity index (χ2n) is 5.77. The topological polar surface area (TPSA) is 102 Å². The van der Waals surface area contributed by atoms with Crippen molar-refractivity contribution in [3.63, 3.8) is 0 Å². The van der Waals surface area contributed by atoms with Gasteiger partial charge in [-0.1, -0.05) is 6.07 Å². The molecule has 1 amide bonds. The molecule has 0 bridgehead atoms. The molecule has 0 aliphatic carbocycles. The number of benzene rings is 2. The third kappa shape index (κ3) is 3.83. The Hall–Kier alpha value is -2.94. The van der Waals surface area contributed by atoms with Gasteiger partial charge >= 0.3 is 5.97 Å². The second kappa shape index (κ2) is 7.12. The summed E-state index contributed by atoms with van der Waals surface area (Å²) in [4.78, 5) is 36.1. The standard InChI is InChI=1S/C17H14BrN3O5/c1-10-2-5-14-15(6-10)26-17(23)9-20(14)8-16(22)19-13-7-11(21(24)25)3-4-12(13)18/h2-7H,8-9H2,1H3,(H,19,22). The molecule has 0 unspecified atom stereocenters. The normalized spacial score (nSPS) is 13.0. The highest BCUT2D eigenvalue weighted by molar-refractivity contribution is 9.10. The molecule has 0 saturated carbocycles. The summed E-state index contributed by atoms with van der Waals surface area (Å²) in [6, 6.07) is 9.47. The van der Waals surface area contributed by atoms with Crippen molar-refractivity contribution in [2.24, 2.45) is 0 Å². The summed E-state index contributed by atoms with van der Waals surface area (Å²) in [5, 5.41) is 13.5. The third-order valence-electron chi connectivity index (χ3n) is 3.77. The Kier molecular flexibility index (Phi) is 4.90. The number of nitro groups is 1. The first kappa shape index (κ1) is 17.9. The summed E-state index contributed by atoms with van der Waals surface area (Å²) < 4.78 is 5.73. The Balaban J connectivity index is 1.78. The lowest BCUT2D eigenvalue weighted by Crippen LogP contribution is -2.41. The number of amides is 1. The van der Waals surface area contributed by atoms with Gasteiger partial charge in [-0.05, 0) is 46.6 Å². The van der Waals surface area contributed by atoms with E-state index in [1.807, 2.05) is 13.0 Å². The number of hydrogen-bond donors (Lipinski definition) is 1. The third-order valence-corrected chi connectivity index (χ3v) is 4.46. The monoisotopic (exact) mass is 419 g/mol. The number of nitrogens with zero attached hydrogens (tertiary/aromatic N) is 2. The van der Waals surface area contributed by atoms with Gasteiger partial charge < -0.3 is 15.0 Å². The largest absolute Gasteiger partial charge is 0.423 e. The maximum atomic E-state index is 12.4. The van der Waals surface area contributed by atoms with Crippen LogP contribution >= 0.6 is 15.9 Å². The van der Waals surface area contributed by atoms with Gasteiger partial charge in [0.05, 0.1) is 22.8 Å². The van der Waals surface area contributed by atoms with Gasteiger partial charge in [0.2, 0.25) is 5.91 Å². The van der Waals surface area contributed by atoms with Crippen molar-refractivity contribution in [3.8, 4) is 5.75 Å². The van der Waals surface area contributed by atoms with Crippen LogP contribution in [0.4, 0.5) is 17.1 Å². The Labute approximate surface area is 157 Å². The Morgan fingerprint density at radius 2 is 2.12 bits per heavy atom. The highest BCUT2D eigenvalue weighted by Gasteiger charge is 2.26. The van der Waals surface area contributed by atoms with Crippen LogP contribution in [0.5, 0.6) is 5.75 Å². The Bertz CT molecular complexity index is 915. The molecule has 26 heavy (non-hydrogen) atoms. The number of esters is 1. The fourth-order valence-electron chi connectivity index (χ4n) is 2.59. The lowest BCUT2D eigenvalue weighted by Gasteiger charge is -2.29. The van der Waals surface area contributed by atoms with Gasteiger partial charge in [-0.15, -0.1) is 0 Å². The van der Waals surface area contributed by atoms with Crippen molar-refractivity contribution in [1.82, 2.24) is 0 Å². The number of halogens is 1. The van der Waals surface area contributed by atoms with Crippen LogP contribution in [0.3, 0.4) is 0 Å². The Morgan fingerprint density at radius 1 is 1.35 bits per heavy atom. The summed E-state index contributed by atoms with van der Waals surface area (Å²) in [6.07, 6.45) is 0. The first-order valence-corrected chi connectivity index (χ1v) is 8.43. The first-order chi connectivity index (χ1) is 12.3. The van der Waals surface area contributed by atoms with Crippen LogP contribution in [0.1, 0.15) is 5.56 Å². The number of aryl methyl sites for hydroxylation is 1. The average molecular weight is 420 g/mol. The molecular weight excluding hydrogens is 406 g/mol. The molecule has 0 radical (unpaired) electrons. The van der Waals surface area contributed by atoms with Crippen LogP contribution in [-0.4, -0.2) is 29.9 Å². The number of ether oxygens (including phenoxy) is 1. The molecule has 0 atom stereocenters. The SMILES string of the molecule is Cc1ccc2c(c1)OC(=O)CN2CC(=O)Nc1cc([N+](=O)[O-])ccc1Br. The number of nitro benzene ring substituents is 1. The van der Waals surface area contributed by atoms with Crippen LogP contribution in [-0.2, 0) is 9.59 Å². The van der Waals surface area contributed by atoms with Crippen molar-refractivity contribution < 1.29 is 19.2 Å².